The summed E-state index contributed by atoms with van der Waals surface area (Å²) in [5.74, 6) is 0.0761. The molecule has 0 saturated carbocycles. The summed E-state index contributed by atoms with van der Waals surface area (Å²) < 4.78 is 11.4. The highest BCUT2D eigenvalue weighted by Gasteiger charge is 2.35. The van der Waals surface area contributed by atoms with Crippen LogP contribution in [0.25, 0.3) is 6.08 Å². The van der Waals surface area contributed by atoms with Crippen LogP contribution in [0.3, 0.4) is 0 Å². The van der Waals surface area contributed by atoms with Crippen molar-refractivity contribution in [2.45, 2.75) is 13.0 Å². The number of carbonyl (C=O) groups excluding carboxylic acids is 2. The van der Waals surface area contributed by atoms with Crippen LogP contribution in [0.2, 0.25) is 0 Å². The van der Waals surface area contributed by atoms with Crippen molar-refractivity contribution in [2.24, 2.45) is 0 Å². The molecule has 0 unspecified atom stereocenters. The lowest BCUT2D eigenvalue weighted by Crippen LogP contribution is -2.30. The number of nitrogens with zero attached hydrogens (tertiary/aromatic N) is 1. The molecule has 0 spiro atoms. The number of carbonyl (C=O) groups is 2. The van der Waals surface area contributed by atoms with Crippen molar-refractivity contribution in [3.05, 3.63) is 100 Å². The van der Waals surface area contributed by atoms with Crippen LogP contribution in [0.1, 0.15) is 34.5 Å². The molecule has 5 nitrogen and oxygen atoms in total. The van der Waals surface area contributed by atoms with Crippen molar-refractivity contribution in [3.8, 4) is 11.5 Å². The highest BCUT2D eigenvalue weighted by molar-refractivity contribution is 8.26. The highest BCUT2D eigenvalue weighted by Crippen LogP contribution is 2.39. The third-order valence-corrected chi connectivity index (χ3v) is 6.52. The van der Waals surface area contributed by atoms with Crippen molar-refractivity contribution in [1.29, 1.82) is 0 Å². The second-order valence-electron chi connectivity index (χ2n) is 7.30. The van der Waals surface area contributed by atoms with Crippen LogP contribution in [0.4, 0.5) is 0 Å². The van der Waals surface area contributed by atoms with Crippen molar-refractivity contribution < 1.29 is 19.1 Å². The zero-order valence-corrected chi connectivity index (χ0v) is 19.7. The third-order valence-electron chi connectivity index (χ3n) is 5.19. The first-order chi connectivity index (χ1) is 16.0. The molecule has 0 N–H and O–H groups in total. The van der Waals surface area contributed by atoms with Gasteiger partial charge in [-0.05, 0) is 48.4 Å². The number of amides is 1. The van der Waals surface area contributed by atoms with E-state index in [2.05, 4.69) is 0 Å². The van der Waals surface area contributed by atoms with Crippen molar-refractivity contribution in [2.75, 3.05) is 7.11 Å². The summed E-state index contributed by atoms with van der Waals surface area (Å²) in [6.07, 6.45) is 1.77. The Kier molecular flexibility index (Phi) is 6.91. The minimum Gasteiger partial charge on any atom is -0.493 e. The van der Waals surface area contributed by atoms with Crippen molar-refractivity contribution in [1.82, 2.24) is 4.90 Å². The largest absolute Gasteiger partial charge is 0.493 e. The average Bonchev–Trinajstić information content (AvgIpc) is 3.13. The van der Waals surface area contributed by atoms with Crippen LogP contribution in [-0.2, 0) is 4.79 Å². The van der Waals surface area contributed by atoms with Crippen molar-refractivity contribution >= 4 is 46.3 Å². The topological polar surface area (TPSA) is 55.8 Å². The van der Waals surface area contributed by atoms with Crippen molar-refractivity contribution in [3.63, 3.8) is 0 Å². The normalized spacial score (nSPS) is 15.6. The first-order valence-electron chi connectivity index (χ1n) is 10.2. The molecule has 0 aliphatic carbocycles. The van der Waals surface area contributed by atoms with Gasteiger partial charge in [0.15, 0.2) is 11.5 Å². The van der Waals surface area contributed by atoms with Crippen LogP contribution < -0.4 is 9.47 Å². The second kappa shape index (κ2) is 10.0. The van der Waals surface area contributed by atoms with Gasteiger partial charge in [0, 0.05) is 0 Å². The summed E-state index contributed by atoms with van der Waals surface area (Å²) >= 11 is 6.76. The van der Waals surface area contributed by atoms with Gasteiger partial charge in [-0.1, -0.05) is 78.6 Å². The lowest BCUT2D eigenvalue weighted by atomic mass is 10.1. The summed E-state index contributed by atoms with van der Waals surface area (Å²) in [5, 5.41) is 0. The number of ether oxygens (including phenoxy) is 2. The minimum absolute atomic E-state index is 0.139. The first-order valence-corrected chi connectivity index (χ1v) is 11.5. The number of rotatable bonds is 6. The fourth-order valence-electron chi connectivity index (χ4n) is 3.44. The molecule has 1 heterocycles. The second-order valence-corrected chi connectivity index (χ2v) is 8.98. The molecule has 166 valence electrons. The maximum atomic E-state index is 13.1. The van der Waals surface area contributed by atoms with Crippen LogP contribution in [0.5, 0.6) is 11.5 Å². The number of hydrogen-bond donors (Lipinski definition) is 0. The SMILES string of the molecule is COc1cc(/C=C2\SC(=S)N([C@H](C)c3ccccc3)C2=O)ccc1OC(=O)c1ccccc1. The number of thioether (sulfide) groups is 1. The summed E-state index contributed by atoms with van der Waals surface area (Å²) in [4.78, 5) is 27.7. The van der Waals surface area contributed by atoms with Crippen LogP contribution in [0, 0.1) is 0 Å². The van der Waals surface area contributed by atoms with E-state index in [9.17, 15) is 9.59 Å². The Morgan fingerprint density at radius 3 is 2.33 bits per heavy atom. The predicted molar refractivity (Wildman–Crippen MR) is 134 cm³/mol. The molecular weight excluding hydrogens is 454 g/mol. The molecule has 1 aliphatic heterocycles. The van der Waals surface area contributed by atoms with E-state index >= 15 is 0 Å². The maximum Gasteiger partial charge on any atom is 0.343 e. The van der Waals surface area contributed by atoms with E-state index in [1.54, 1.807) is 53.4 Å². The van der Waals surface area contributed by atoms with Gasteiger partial charge in [-0.2, -0.15) is 0 Å². The Bertz CT molecular complexity index is 1230. The molecule has 3 aromatic carbocycles. The molecule has 0 aromatic heterocycles. The van der Waals surface area contributed by atoms with Gasteiger partial charge < -0.3 is 9.47 Å². The van der Waals surface area contributed by atoms with Crippen LogP contribution in [0.15, 0.2) is 83.8 Å². The van der Waals surface area contributed by atoms with E-state index in [-0.39, 0.29) is 11.9 Å². The van der Waals surface area contributed by atoms with Gasteiger partial charge in [-0.15, -0.1) is 0 Å². The number of hydrogen-bond acceptors (Lipinski definition) is 6. The lowest BCUT2D eigenvalue weighted by Gasteiger charge is -2.23. The van der Waals surface area contributed by atoms with E-state index in [0.717, 1.165) is 11.1 Å². The molecule has 7 heteroatoms. The maximum absolute atomic E-state index is 13.1. The molecule has 0 radical (unpaired) electrons. The molecule has 4 rings (SSSR count). The first kappa shape index (κ1) is 22.8. The number of benzene rings is 3. The third kappa shape index (κ3) is 4.99. The minimum atomic E-state index is -0.475. The van der Waals surface area contributed by atoms with E-state index in [0.29, 0.717) is 26.3 Å². The average molecular weight is 476 g/mol. The van der Waals surface area contributed by atoms with E-state index in [1.165, 1.54) is 18.9 Å². The Labute approximate surface area is 202 Å². The molecule has 1 fully saturated rings. The smallest absolute Gasteiger partial charge is 0.343 e. The van der Waals surface area contributed by atoms with E-state index in [1.807, 2.05) is 43.3 Å². The zero-order valence-electron chi connectivity index (χ0n) is 18.1. The zero-order chi connectivity index (χ0) is 23.4. The predicted octanol–water partition coefficient (Wildman–Crippen LogP) is 5.88. The monoisotopic (exact) mass is 475 g/mol. The number of thiocarbonyl (C=S) groups is 1. The van der Waals surface area contributed by atoms with Gasteiger partial charge in [-0.3, -0.25) is 9.69 Å². The Hall–Kier alpha value is -3.42. The van der Waals surface area contributed by atoms with Gasteiger partial charge in [0.1, 0.15) is 4.32 Å². The van der Waals surface area contributed by atoms with Gasteiger partial charge >= 0.3 is 5.97 Å². The summed E-state index contributed by atoms with van der Waals surface area (Å²) in [5.41, 5.74) is 2.19. The van der Waals surface area contributed by atoms with Crippen LogP contribution >= 0.6 is 24.0 Å². The summed E-state index contributed by atoms with van der Waals surface area (Å²) in [6, 6.07) is 23.5. The van der Waals surface area contributed by atoms with Gasteiger partial charge in [0.25, 0.3) is 5.91 Å². The number of esters is 1. The Morgan fingerprint density at radius 1 is 1.00 bits per heavy atom. The Balaban J connectivity index is 1.54. The lowest BCUT2D eigenvalue weighted by molar-refractivity contribution is -0.123. The van der Waals surface area contributed by atoms with Gasteiger partial charge in [0.2, 0.25) is 0 Å². The van der Waals surface area contributed by atoms with Gasteiger partial charge in [-0.25, -0.2) is 4.79 Å². The highest BCUT2D eigenvalue weighted by atomic mass is 32.2. The number of methoxy groups -OCH3 is 1. The molecule has 33 heavy (non-hydrogen) atoms. The fourth-order valence-corrected chi connectivity index (χ4v) is 4.86. The van der Waals surface area contributed by atoms with E-state index in [4.69, 9.17) is 21.7 Å². The molecule has 3 aromatic rings. The van der Waals surface area contributed by atoms with E-state index < -0.39 is 5.97 Å². The fraction of sp³-hybridized carbons (Fsp3) is 0.115. The molecule has 1 aliphatic rings. The van der Waals surface area contributed by atoms with Crippen LogP contribution in [-0.4, -0.2) is 28.2 Å². The molecule has 0 bridgehead atoms. The molecule has 1 amide bonds. The standard InChI is InChI=1S/C26H21NO4S2/c1-17(19-9-5-3-6-10-19)27-24(28)23(33-26(27)32)16-18-13-14-21(22(15-18)30-2)31-25(29)20-11-7-4-8-12-20/h3-17H,1-2H3/b23-16-/t17-/m1/s1. The summed E-state index contributed by atoms with van der Waals surface area (Å²) in [7, 11) is 1.50. The summed E-state index contributed by atoms with van der Waals surface area (Å²) in [6.45, 7) is 1.96. The van der Waals surface area contributed by atoms with Gasteiger partial charge in [0.05, 0.1) is 23.6 Å². The Morgan fingerprint density at radius 2 is 1.67 bits per heavy atom. The molecular formula is C26H21NO4S2. The molecule has 1 saturated heterocycles. The molecule has 1 atom stereocenters. The quantitative estimate of drug-likeness (QED) is 0.192.